The highest BCUT2D eigenvalue weighted by Gasteiger charge is 2.36. The lowest BCUT2D eigenvalue weighted by Gasteiger charge is -2.32. The average Bonchev–Trinajstić information content (AvgIpc) is 2.82. The second-order valence-electron chi connectivity index (χ2n) is 7.94. The van der Waals surface area contributed by atoms with Crippen molar-refractivity contribution in [2.75, 3.05) is 11.8 Å². The number of halogens is 4. The van der Waals surface area contributed by atoms with Crippen LogP contribution in [0.15, 0.2) is 48.5 Å². The van der Waals surface area contributed by atoms with Crippen molar-refractivity contribution in [1.29, 1.82) is 0 Å². The van der Waals surface area contributed by atoms with E-state index in [2.05, 4.69) is 5.32 Å². The van der Waals surface area contributed by atoms with Gasteiger partial charge < -0.3 is 10.1 Å². The van der Waals surface area contributed by atoms with Crippen LogP contribution in [0.2, 0.25) is 0 Å². The maximum atomic E-state index is 13.5. The molecule has 0 aliphatic heterocycles. The van der Waals surface area contributed by atoms with E-state index in [1.807, 2.05) is 5.92 Å². The average molecular weight is 476 g/mol. The van der Waals surface area contributed by atoms with Gasteiger partial charge in [-0.2, -0.15) is 13.2 Å². The van der Waals surface area contributed by atoms with E-state index in [4.69, 9.17) is 11.2 Å². The van der Waals surface area contributed by atoms with E-state index < -0.39 is 36.5 Å². The Morgan fingerprint density at radius 1 is 1.12 bits per heavy atom. The number of nitrogens with zero attached hydrogens (tertiary/aromatic N) is 1. The van der Waals surface area contributed by atoms with Crippen LogP contribution in [0.1, 0.15) is 49.3 Å². The van der Waals surface area contributed by atoms with Crippen molar-refractivity contribution in [1.82, 2.24) is 5.32 Å². The summed E-state index contributed by atoms with van der Waals surface area (Å²) in [6.45, 7) is -1.12. The van der Waals surface area contributed by atoms with E-state index in [1.54, 1.807) is 0 Å². The third kappa shape index (κ3) is 6.07. The molecule has 0 aromatic heterocycles. The third-order valence-electron chi connectivity index (χ3n) is 5.65. The number of carbonyl (C=O) groups is 2. The first kappa shape index (κ1) is 25.1. The van der Waals surface area contributed by atoms with E-state index >= 15 is 0 Å². The summed E-state index contributed by atoms with van der Waals surface area (Å²) in [6, 6.07) is 8.28. The molecule has 5 nitrogen and oxygen atoms in total. The Kier molecular flexibility index (Phi) is 8.16. The van der Waals surface area contributed by atoms with Crippen LogP contribution in [-0.4, -0.2) is 24.7 Å². The van der Waals surface area contributed by atoms with Gasteiger partial charge in [-0.25, -0.2) is 4.39 Å². The number of rotatable bonds is 7. The second kappa shape index (κ2) is 11.1. The first-order valence-corrected chi connectivity index (χ1v) is 10.8. The summed E-state index contributed by atoms with van der Waals surface area (Å²) in [5.74, 6) is 0.389. The fourth-order valence-corrected chi connectivity index (χ4v) is 4.07. The van der Waals surface area contributed by atoms with Crippen molar-refractivity contribution in [2.45, 2.75) is 50.4 Å². The summed E-state index contributed by atoms with van der Waals surface area (Å²) >= 11 is 0. The Morgan fingerprint density at radius 2 is 1.82 bits per heavy atom. The quantitative estimate of drug-likeness (QED) is 0.443. The van der Waals surface area contributed by atoms with Gasteiger partial charge in [0.25, 0.3) is 0 Å². The summed E-state index contributed by atoms with van der Waals surface area (Å²) in [7, 11) is 0. The Labute approximate surface area is 195 Å². The summed E-state index contributed by atoms with van der Waals surface area (Å²) in [5, 5.41) is 2.90. The summed E-state index contributed by atoms with van der Waals surface area (Å²) < 4.78 is 57.7. The molecule has 1 unspecified atom stereocenters. The minimum atomic E-state index is -4.67. The Morgan fingerprint density at radius 3 is 2.47 bits per heavy atom. The van der Waals surface area contributed by atoms with Crippen molar-refractivity contribution in [2.24, 2.45) is 0 Å². The first-order valence-electron chi connectivity index (χ1n) is 10.8. The molecule has 1 aliphatic rings. The number of ether oxygens (including phenoxy) is 1. The smallest absolute Gasteiger partial charge is 0.416 e. The molecule has 2 amide bonds. The molecule has 1 N–H and O–H groups in total. The Bertz CT molecular complexity index is 1060. The predicted octanol–water partition coefficient (Wildman–Crippen LogP) is 5.17. The van der Waals surface area contributed by atoms with Crippen LogP contribution in [0.5, 0.6) is 5.75 Å². The minimum absolute atomic E-state index is 0.0904. The van der Waals surface area contributed by atoms with E-state index in [0.29, 0.717) is 0 Å². The highest BCUT2D eigenvalue weighted by molar-refractivity contribution is 6.09. The second-order valence-corrected chi connectivity index (χ2v) is 7.94. The summed E-state index contributed by atoms with van der Waals surface area (Å²) in [5.41, 5.74) is -0.987. The van der Waals surface area contributed by atoms with Gasteiger partial charge in [-0.3, -0.25) is 14.5 Å². The minimum Gasteiger partial charge on any atom is -0.463 e. The molecule has 9 heteroatoms. The number of anilines is 1. The third-order valence-corrected chi connectivity index (χ3v) is 5.65. The standard InChI is InChI=1S/C25H24F4N2O3/c1-2-22(32)31(20-12-7-9-18(15-20)25(27,28)29)23(17-8-6-13-21(14-17)34-16-26)24(33)30-19-10-4-3-5-11-19/h1,6-9,12-15,19,23H,3-5,10-11,16H2,(H,30,33). The van der Waals surface area contributed by atoms with Crippen molar-refractivity contribution < 1.29 is 31.9 Å². The van der Waals surface area contributed by atoms with E-state index in [-0.39, 0.29) is 23.0 Å². The zero-order valence-corrected chi connectivity index (χ0v) is 18.3. The number of amides is 2. The number of hydrogen-bond acceptors (Lipinski definition) is 3. The largest absolute Gasteiger partial charge is 0.463 e. The van der Waals surface area contributed by atoms with Crippen LogP contribution in [0, 0.1) is 12.3 Å². The molecule has 2 aromatic rings. The molecule has 1 saturated carbocycles. The molecule has 0 spiro atoms. The monoisotopic (exact) mass is 476 g/mol. The number of hydrogen-bond donors (Lipinski definition) is 1. The van der Waals surface area contributed by atoms with Gasteiger partial charge in [0.05, 0.1) is 5.56 Å². The van der Waals surface area contributed by atoms with Gasteiger partial charge in [0.1, 0.15) is 11.8 Å². The van der Waals surface area contributed by atoms with Crippen LogP contribution in [0.25, 0.3) is 0 Å². The van der Waals surface area contributed by atoms with Gasteiger partial charge in [-0.05, 0) is 54.7 Å². The molecule has 34 heavy (non-hydrogen) atoms. The molecule has 0 saturated heterocycles. The summed E-state index contributed by atoms with van der Waals surface area (Å²) in [6.07, 6.45) is 5.06. The van der Waals surface area contributed by atoms with E-state index in [0.717, 1.165) is 55.2 Å². The van der Waals surface area contributed by atoms with E-state index in [9.17, 15) is 27.2 Å². The maximum Gasteiger partial charge on any atom is 0.416 e. The maximum absolute atomic E-state index is 13.5. The van der Waals surface area contributed by atoms with Crippen molar-refractivity contribution in [3.05, 3.63) is 59.7 Å². The highest BCUT2D eigenvalue weighted by atomic mass is 19.4. The van der Waals surface area contributed by atoms with Gasteiger partial charge in [0.15, 0.2) is 0 Å². The fourth-order valence-electron chi connectivity index (χ4n) is 4.07. The molecule has 2 aromatic carbocycles. The summed E-state index contributed by atoms with van der Waals surface area (Å²) in [4.78, 5) is 27.2. The SMILES string of the molecule is C#CC(=O)N(c1cccc(C(F)(F)F)c1)C(C(=O)NC1CCCCC1)c1cccc(OCF)c1. The number of nitrogens with one attached hydrogen (secondary N) is 1. The molecular weight excluding hydrogens is 452 g/mol. The van der Waals surface area contributed by atoms with Crippen LogP contribution in [0.4, 0.5) is 23.2 Å². The van der Waals surface area contributed by atoms with Crippen LogP contribution < -0.4 is 15.0 Å². The van der Waals surface area contributed by atoms with Crippen molar-refractivity contribution >= 4 is 17.5 Å². The molecule has 1 aliphatic carbocycles. The lowest BCUT2D eigenvalue weighted by molar-refractivity contribution is -0.137. The zero-order chi connectivity index (χ0) is 24.7. The van der Waals surface area contributed by atoms with Gasteiger partial charge in [-0.15, -0.1) is 6.42 Å². The molecule has 1 atom stereocenters. The molecule has 0 radical (unpaired) electrons. The lowest BCUT2D eigenvalue weighted by Crippen LogP contribution is -2.47. The number of carbonyl (C=O) groups excluding carboxylic acids is 2. The predicted molar refractivity (Wildman–Crippen MR) is 119 cm³/mol. The lowest BCUT2D eigenvalue weighted by atomic mass is 9.94. The van der Waals surface area contributed by atoms with Gasteiger partial charge in [-0.1, -0.05) is 37.5 Å². The highest BCUT2D eigenvalue weighted by Crippen LogP contribution is 2.35. The molecular formula is C25H24F4N2O3. The van der Waals surface area contributed by atoms with Gasteiger partial charge >= 0.3 is 12.1 Å². The molecule has 0 heterocycles. The van der Waals surface area contributed by atoms with Crippen LogP contribution in [0.3, 0.4) is 0 Å². The van der Waals surface area contributed by atoms with Gasteiger partial charge in [0, 0.05) is 11.7 Å². The molecule has 3 rings (SSSR count). The number of benzene rings is 2. The number of alkyl halides is 4. The molecule has 1 fully saturated rings. The molecule has 180 valence electrons. The van der Waals surface area contributed by atoms with Crippen LogP contribution >= 0.6 is 0 Å². The van der Waals surface area contributed by atoms with Crippen LogP contribution in [-0.2, 0) is 15.8 Å². The first-order chi connectivity index (χ1) is 16.2. The van der Waals surface area contributed by atoms with Gasteiger partial charge in [0.2, 0.25) is 12.8 Å². The topological polar surface area (TPSA) is 58.6 Å². The van der Waals surface area contributed by atoms with E-state index in [1.165, 1.54) is 30.3 Å². The van der Waals surface area contributed by atoms with Crippen molar-refractivity contribution in [3.8, 4) is 18.1 Å². The fraction of sp³-hybridized carbons (Fsp3) is 0.360. The zero-order valence-electron chi connectivity index (χ0n) is 18.3. The Hall–Kier alpha value is -3.54. The Balaban J connectivity index is 2.10. The molecule has 0 bridgehead atoms. The normalized spacial score (nSPS) is 15.1. The van der Waals surface area contributed by atoms with Crippen molar-refractivity contribution in [3.63, 3.8) is 0 Å². The number of terminal acetylenes is 1.